The SMILES string of the molecule is COC(=O)C(C)(CC(C)n1cc(C)cn1)NC(C)C. The monoisotopic (exact) mass is 267 g/mol. The second-order valence-corrected chi connectivity index (χ2v) is 5.67. The van der Waals surface area contributed by atoms with Gasteiger partial charge in [0.2, 0.25) is 0 Å². The van der Waals surface area contributed by atoms with Gasteiger partial charge in [0.05, 0.1) is 19.3 Å². The molecule has 1 aromatic rings. The van der Waals surface area contributed by atoms with Gasteiger partial charge in [-0.2, -0.15) is 5.10 Å². The van der Waals surface area contributed by atoms with Crippen LogP contribution in [0, 0.1) is 6.92 Å². The van der Waals surface area contributed by atoms with Crippen molar-refractivity contribution in [2.24, 2.45) is 0 Å². The van der Waals surface area contributed by atoms with Crippen LogP contribution in [-0.2, 0) is 9.53 Å². The predicted octanol–water partition coefficient (Wildman–Crippen LogP) is 2.07. The van der Waals surface area contributed by atoms with E-state index in [-0.39, 0.29) is 18.1 Å². The summed E-state index contributed by atoms with van der Waals surface area (Å²) in [5, 5.41) is 7.60. The molecule has 0 aromatic carbocycles. The van der Waals surface area contributed by atoms with E-state index in [0.29, 0.717) is 6.42 Å². The highest BCUT2D eigenvalue weighted by Gasteiger charge is 2.36. The van der Waals surface area contributed by atoms with Crippen molar-refractivity contribution in [2.45, 2.75) is 58.7 Å². The van der Waals surface area contributed by atoms with E-state index in [1.165, 1.54) is 7.11 Å². The van der Waals surface area contributed by atoms with E-state index >= 15 is 0 Å². The first-order valence-corrected chi connectivity index (χ1v) is 6.65. The first-order valence-electron chi connectivity index (χ1n) is 6.65. The van der Waals surface area contributed by atoms with Gasteiger partial charge in [0.25, 0.3) is 0 Å². The van der Waals surface area contributed by atoms with Gasteiger partial charge in [-0.25, -0.2) is 0 Å². The number of hydrogen-bond donors (Lipinski definition) is 1. The van der Waals surface area contributed by atoms with Crippen LogP contribution >= 0.6 is 0 Å². The van der Waals surface area contributed by atoms with Crippen LogP contribution in [0.2, 0.25) is 0 Å². The molecule has 1 heterocycles. The molecule has 19 heavy (non-hydrogen) atoms. The molecule has 1 N–H and O–H groups in total. The lowest BCUT2D eigenvalue weighted by Gasteiger charge is -2.32. The molecule has 0 spiro atoms. The minimum absolute atomic E-state index is 0.115. The third-order valence-electron chi connectivity index (χ3n) is 3.13. The number of methoxy groups -OCH3 is 1. The summed E-state index contributed by atoms with van der Waals surface area (Å²) >= 11 is 0. The fourth-order valence-corrected chi connectivity index (χ4v) is 2.42. The molecule has 0 aliphatic rings. The maximum atomic E-state index is 12.0. The largest absolute Gasteiger partial charge is 0.468 e. The van der Waals surface area contributed by atoms with Crippen LogP contribution in [0.4, 0.5) is 0 Å². The fraction of sp³-hybridized carbons (Fsp3) is 0.714. The lowest BCUT2D eigenvalue weighted by molar-refractivity contribution is -0.149. The molecular formula is C14H25N3O2. The molecule has 108 valence electrons. The highest BCUT2D eigenvalue weighted by Crippen LogP contribution is 2.22. The lowest BCUT2D eigenvalue weighted by Crippen LogP contribution is -2.54. The van der Waals surface area contributed by atoms with Crippen molar-refractivity contribution in [1.82, 2.24) is 15.1 Å². The molecule has 0 fully saturated rings. The Morgan fingerprint density at radius 2 is 2.16 bits per heavy atom. The third-order valence-corrected chi connectivity index (χ3v) is 3.13. The molecule has 0 bridgehead atoms. The van der Waals surface area contributed by atoms with Crippen molar-refractivity contribution >= 4 is 5.97 Å². The number of nitrogens with one attached hydrogen (secondary N) is 1. The summed E-state index contributed by atoms with van der Waals surface area (Å²) in [4.78, 5) is 12.0. The quantitative estimate of drug-likeness (QED) is 0.802. The number of rotatable bonds is 6. The van der Waals surface area contributed by atoms with Gasteiger partial charge in [-0.3, -0.25) is 14.8 Å². The van der Waals surface area contributed by atoms with Gasteiger partial charge in [-0.1, -0.05) is 0 Å². The highest BCUT2D eigenvalue weighted by atomic mass is 16.5. The number of aryl methyl sites for hydroxylation is 1. The Morgan fingerprint density at radius 1 is 1.53 bits per heavy atom. The van der Waals surface area contributed by atoms with Crippen LogP contribution in [0.25, 0.3) is 0 Å². The first kappa shape index (κ1) is 15.7. The predicted molar refractivity (Wildman–Crippen MR) is 75.0 cm³/mol. The van der Waals surface area contributed by atoms with E-state index < -0.39 is 5.54 Å². The summed E-state index contributed by atoms with van der Waals surface area (Å²) in [6, 6.07) is 0.319. The fourth-order valence-electron chi connectivity index (χ4n) is 2.42. The maximum Gasteiger partial charge on any atom is 0.325 e. The van der Waals surface area contributed by atoms with Gasteiger partial charge < -0.3 is 4.74 Å². The van der Waals surface area contributed by atoms with Crippen LogP contribution in [0.3, 0.4) is 0 Å². The van der Waals surface area contributed by atoms with E-state index in [1.807, 2.05) is 44.8 Å². The van der Waals surface area contributed by atoms with Crippen molar-refractivity contribution < 1.29 is 9.53 Å². The molecule has 5 nitrogen and oxygen atoms in total. The molecule has 5 heteroatoms. The molecule has 0 saturated carbocycles. The van der Waals surface area contributed by atoms with Crippen LogP contribution in [-0.4, -0.2) is 34.4 Å². The summed E-state index contributed by atoms with van der Waals surface area (Å²) in [7, 11) is 1.42. The van der Waals surface area contributed by atoms with Crippen molar-refractivity contribution in [3.8, 4) is 0 Å². The highest BCUT2D eigenvalue weighted by molar-refractivity contribution is 5.80. The van der Waals surface area contributed by atoms with Gasteiger partial charge in [-0.05, 0) is 46.6 Å². The Hall–Kier alpha value is -1.36. The van der Waals surface area contributed by atoms with E-state index in [4.69, 9.17) is 4.74 Å². The van der Waals surface area contributed by atoms with Crippen LogP contribution in [0.1, 0.15) is 45.7 Å². The summed E-state index contributed by atoms with van der Waals surface area (Å²) in [6.45, 7) is 9.97. The molecule has 0 radical (unpaired) electrons. The summed E-state index contributed by atoms with van der Waals surface area (Å²) in [6.07, 6.45) is 4.43. The molecule has 0 aliphatic heterocycles. The number of esters is 1. The van der Waals surface area contributed by atoms with E-state index in [2.05, 4.69) is 17.3 Å². The Labute approximate surface area is 115 Å². The molecular weight excluding hydrogens is 242 g/mol. The lowest BCUT2D eigenvalue weighted by atomic mass is 9.92. The second kappa shape index (κ2) is 6.19. The Balaban J connectivity index is 2.85. The molecule has 0 aliphatic carbocycles. The molecule has 2 atom stereocenters. The summed E-state index contributed by atoms with van der Waals surface area (Å²) in [5.41, 5.74) is 0.408. The number of carbonyl (C=O) groups is 1. The number of carbonyl (C=O) groups excluding carboxylic acids is 1. The summed E-state index contributed by atoms with van der Waals surface area (Å²) in [5.74, 6) is -0.239. The number of hydrogen-bond acceptors (Lipinski definition) is 4. The zero-order valence-electron chi connectivity index (χ0n) is 12.7. The van der Waals surface area contributed by atoms with E-state index in [9.17, 15) is 4.79 Å². The zero-order chi connectivity index (χ0) is 14.6. The van der Waals surface area contributed by atoms with Gasteiger partial charge in [0.1, 0.15) is 5.54 Å². The van der Waals surface area contributed by atoms with Crippen molar-refractivity contribution in [3.63, 3.8) is 0 Å². The van der Waals surface area contributed by atoms with Gasteiger partial charge in [-0.15, -0.1) is 0 Å². The minimum atomic E-state index is -0.706. The first-order chi connectivity index (χ1) is 8.78. The van der Waals surface area contributed by atoms with E-state index in [0.717, 1.165) is 5.56 Å². The molecule has 0 amide bonds. The Kier molecular flexibility index (Phi) is 5.11. The maximum absolute atomic E-state index is 12.0. The average Bonchev–Trinajstić information content (AvgIpc) is 2.73. The Morgan fingerprint density at radius 3 is 2.58 bits per heavy atom. The van der Waals surface area contributed by atoms with Crippen molar-refractivity contribution in [2.75, 3.05) is 7.11 Å². The van der Waals surface area contributed by atoms with Crippen LogP contribution in [0.5, 0.6) is 0 Å². The minimum Gasteiger partial charge on any atom is -0.468 e. The van der Waals surface area contributed by atoms with E-state index in [1.54, 1.807) is 0 Å². The third kappa shape index (κ3) is 4.06. The van der Waals surface area contributed by atoms with Crippen molar-refractivity contribution in [1.29, 1.82) is 0 Å². The van der Waals surface area contributed by atoms with Crippen molar-refractivity contribution in [3.05, 3.63) is 18.0 Å². The smallest absolute Gasteiger partial charge is 0.325 e. The summed E-state index contributed by atoms with van der Waals surface area (Å²) < 4.78 is 6.81. The number of aromatic nitrogens is 2. The molecule has 1 aromatic heterocycles. The normalized spacial score (nSPS) is 16.2. The number of nitrogens with zero attached hydrogens (tertiary/aromatic N) is 2. The number of ether oxygens (including phenoxy) is 1. The van der Waals surface area contributed by atoms with Gasteiger partial charge in [0, 0.05) is 12.2 Å². The molecule has 1 rings (SSSR count). The topological polar surface area (TPSA) is 56.2 Å². The van der Waals surface area contributed by atoms with Crippen LogP contribution in [0.15, 0.2) is 12.4 Å². The van der Waals surface area contributed by atoms with Gasteiger partial charge in [0.15, 0.2) is 0 Å². The average molecular weight is 267 g/mol. The van der Waals surface area contributed by atoms with Gasteiger partial charge >= 0.3 is 5.97 Å². The standard InChI is InChI=1S/C14H25N3O2/c1-10(2)16-14(5,13(18)19-6)7-12(4)17-9-11(3)8-15-17/h8-10,12,16H,7H2,1-6H3. The molecule has 0 saturated heterocycles. The second-order valence-electron chi connectivity index (χ2n) is 5.67. The molecule has 2 unspecified atom stereocenters. The zero-order valence-corrected chi connectivity index (χ0v) is 12.7. The van der Waals surface area contributed by atoms with Crippen LogP contribution < -0.4 is 5.32 Å². The Bertz CT molecular complexity index is 428.